The number of rotatable bonds is 7. The van der Waals surface area contributed by atoms with Gasteiger partial charge in [-0.15, -0.1) is 0 Å². The molecule has 0 saturated heterocycles. The zero-order valence-corrected chi connectivity index (χ0v) is 10.0. The SMILES string of the molecule is CCCCC(C)NCC1(SC)CC1. The normalized spacial score (nSPS) is 21.5. The molecule has 0 aromatic heterocycles. The van der Waals surface area contributed by atoms with Gasteiger partial charge in [-0.25, -0.2) is 0 Å². The molecule has 0 radical (unpaired) electrons. The van der Waals surface area contributed by atoms with Gasteiger partial charge in [0.1, 0.15) is 0 Å². The molecule has 1 N–H and O–H groups in total. The van der Waals surface area contributed by atoms with E-state index in [1.54, 1.807) is 0 Å². The molecule has 0 bridgehead atoms. The molecule has 0 aromatic rings. The van der Waals surface area contributed by atoms with Crippen LogP contribution in [0.15, 0.2) is 0 Å². The fourth-order valence-electron chi connectivity index (χ4n) is 1.57. The van der Waals surface area contributed by atoms with Crippen LogP contribution in [0, 0.1) is 0 Å². The predicted octanol–water partition coefficient (Wildman–Crippen LogP) is 3.05. The van der Waals surface area contributed by atoms with E-state index in [2.05, 4.69) is 25.4 Å². The summed E-state index contributed by atoms with van der Waals surface area (Å²) in [5, 5.41) is 3.65. The highest BCUT2D eigenvalue weighted by Crippen LogP contribution is 2.46. The third-order valence-electron chi connectivity index (χ3n) is 3.00. The van der Waals surface area contributed by atoms with Crippen molar-refractivity contribution in [2.24, 2.45) is 0 Å². The minimum atomic E-state index is 0.625. The van der Waals surface area contributed by atoms with Crippen LogP contribution in [0.5, 0.6) is 0 Å². The lowest BCUT2D eigenvalue weighted by Crippen LogP contribution is -2.33. The number of unbranched alkanes of at least 4 members (excludes halogenated alkanes) is 1. The van der Waals surface area contributed by atoms with E-state index in [0.717, 1.165) is 0 Å². The Kier molecular flexibility index (Phi) is 4.60. The Bertz CT molecular complexity index is 143. The molecule has 0 amide bonds. The van der Waals surface area contributed by atoms with Crippen LogP contribution in [0.4, 0.5) is 0 Å². The smallest absolute Gasteiger partial charge is 0.0282 e. The number of hydrogen-bond donors (Lipinski definition) is 1. The van der Waals surface area contributed by atoms with Crippen molar-refractivity contribution in [3.63, 3.8) is 0 Å². The van der Waals surface area contributed by atoms with Crippen molar-refractivity contribution in [2.45, 2.75) is 56.7 Å². The summed E-state index contributed by atoms with van der Waals surface area (Å²) in [4.78, 5) is 0. The second-order valence-corrected chi connectivity index (χ2v) is 5.59. The minimum absolute atomic E-state index is 0.625. The molecule has 2 heteroatoms. The van der Waals surface area contributed by atoms with Gasteiger partial charge in [-0.05, 0) is 32.4 Å². The van der Waals surface area contributed by atoms with E-state index < -0.39 is 0 Å². The highest BCUT2D eigenvalue weighted by molar-refractivity contribution is 8.00. The molecule has 1 saturated carbocycles. The van der Waals surface area contributed by atoms with Crippen molar-refractivity contribution in [3.05, 3.63) is 0 Å². The van der Waals surface area contributed by atoms with Crippen LogP contribution in [-0.2, 0) is 0 Å². The maximum Gasteiger partial charge on any atom is 0.0282 e. The maximum atomic E-state index is 3.65. The summed E-state index contributed by atoms with van der Waals surface area (Å²) in [5.41, 5.74) is 0. The number of nitrogens with one attached hydrogen (secondary N) is 1. The zero-order chi connectivity index (χ0) is 9.73. The van der Waals surface area contributed by atoms with Crippen molar-refractivity contribution < 1.29 is 0 Å². The Labute approximate surface area is 87.1 Å². The van der Waals surface area contributed by atoms with Crippen LogP contribution >= 0.6 is 11.8 Å². The fourth-order valence-corrected chi connectivity index (χ4v) is 2.30. The van der Waals surface area contributed by atoms with E-state index in [1.165, 1.54) is 38.6 Å². The van der Waals surface area contributed by atoms with Gasteiger partial charge in [-0.2, -0.15) is 11.8 Å². The molecule has 0 spiro atoms. The van der Waals surface area contributed by atoms with Crippen LogP contribution in [0.3, 0.4) is 0 Å². The monoisotopic (exact) mass is 201 g/mol. The summed E-state index contributed by atoms with van der Waals surface area (Å²) in [6.45, 7) is 5.79. The van der Waals surface area contributed by atoms with Gasteiger partial charge in [0, 0.05) is 17.3 Å². The molecule has 1 aliphatic rings. The lowest BCUT2D eigenvalue weighted by Gasteiger charge is -2.18. The van der Waals surface area contributed by atoms with Gasteiger partial charge in [0.15, 0.2) is 0 Å². The van der Waals surface area contributed by atoms with E-state index in [0.29, 0.717) is 10.8 Å². The van der Waals surface area contributed by atoms with Crippen molar-refractivity contribution in [3.8, 4) is 0 Å². The van der Waals surface area contributed by atoms with Gasteiger partial charge in [-0.3, -0.25) is 0 Å². The maximum absolute atomic E-state index is 3.65. The molecule has 1 nitrogen and oxygen atoms in total. The Balaban J connectivity index is 2.04. The second kappa shape index (κ2) is 5.26. The highest BCUT2D eigenvalue weighted by atomic mass is 32.2. The third kappa shape index (κ3) is 3.90. The molecule has 0 aliphatic heterocycles. The van der Waals surface area contributed by atoms with Gasteiger partial charge < -0.3 is 5.32 Å². The van der Waals surface area contributed by atoms with Crippen LogP contribution in [0.25, 0.3) is 0 Å². The minimum Gasteiger partial charge on any atom is -0.313 e. The van der Waals surface area contributed by atoms with E-state index in [1.807, 2.05) is 11.8 Å². The average Bonchev–Trinajstić information content (AvgIpc) is 2.92. The van der Waals surface area contributed by atoms with E-state index in [-0.39, 0.29) is 0 Å². The average molecular weight is 201 g/mol. The summed E-state index contributed by atoms with van der Waals surface area (Å²) in [6.07, 6.45) is 9.09. The van der Waals surface area contributed by atoms with Crippen LogP contribution < -0.4 is 5.32 Å². The van der Waals surface area contributed by atoms with E-state index in [4.69, 9.17) is 0 Å². The fraction of sp³-hybridized carbons (Fsp3) is 1.00. The molecule has 0 heterocycles. The van der Waals surface area contributed by atoms with Gasteiger partial charge in [-0.1, -0.05) is 19.8 Å². The second-order valence-electron chi connectivity index (χ2n) is 4.31. The van der Waals surface area contributed by atoms with E-state index >= 15 is 0 Å². The predicted molar refractivity (Wildman–Crippen MR) is 62.5 cm³/mol. The lowest BCUT2D eigenvalue weighted by atomic mass is 10.1. The van der Waals surface area contributed by atoms with Gasteiger partial charge >= 0.3 is 0 Å². The molecule has 13 heavy (non-hydrogen) atoms. The Morgan fingerprint density at radius 1 is 1.46 bits per heavy atom. The van der Waals surface area contributed by atoms with Crippen LogP contribution in [0.2, 0.25) is 0 Å². The zero-order valence-electron chi connectivity index (χ0n) is 9.23. The van der Waals surface area contributed by atoms with Gasteiger partial charge in [0.25, 0.3) is 0 Å². The first kappa shape index (κ1) is 11.4. The quantitative estimate of drug-likeness (QED) is 0.679. The first-order valence-corrected chi connectivity index (χ1v) is 6.73. The van der Waals surface area contributed by atoms with Crippen molar-refractivity contribution in [1.82, 2.24) is 5.32 Å². The molecular formula is C11H23NS. The van der Waals surface area contributed by atoms with Crippen molar-refractivity contribution in [2.75, 3.05) is 12.8 Å². The highest BCUT2D eigenvalue weighted by Gasteiger charge is 2.41. The molecule has 78 valence electrons. The molecular weight excluding hydrogens is 178 g/mol. The Morgan fingerprint density at radius 3 is 2.62 bits per heavy atom. The third-order valence-corrected chi connectivity index (χ3v) is 4.42. The molecule has 1 fully saturated rings. The standard InChI is InChI=1S/C11H23NS/c1-4-5-6-10(2)12-9-11(13-3)7-8-11/h10,12H,4-9H2,1-3H3. The van der Waals surface area contributed by atoms with E-state index in [9.17, 15) is 0 Å². The first-order chi connectivity index (χ1) is 6.22. The molecule has 1 unspecified atom stereocenters. The van der Waals surface area contributed by atoms with Gasteiger partial charge in [0.2, 0.25) is 0 Å². The summed E-state index contributed by atoms with van der Waals surface area (Å²) < 4.78 is 0.625. The number of hydrogen-bond acceptors (Lipinski definition) is 2. The largest absolute Gasteiger partial charge is 0.313 e. The molecule has 1 rings (SSSR count). The van der Waals surface area contributed by atoms with Gasteiger partial charge in [0.05, 0.1) is 0 Å². The summed E-state index contributed by atoms with van der Waals surface area (Å²) in [7, 11) is 0. The van der Waals surface area contributed by atoms with Crippen LogP contribution in [-0.4, -0.2) is 23.6 Å². The van der Waals surface area contributed by atoms with Crippen LogP contribution in [0.1, 0.15) is 46.0 Å². The topological polar surface area (TPSA) is 12.0 Å². The summed E-state index contributed by atoms with van der Waals surface area (Å²) >= 11 is 2.04. The van der Waals surface area contributed by atoms with Crippen molar-refractivity contribution >= 4 is 11.8 Å². The Morgan fingerprint density at radius 2 is 2.15 bits per heavy atom. The summed E-state index contributed by atoms with van der Waals surface area (Å²) in [6, 6.07) is 0.713. The first-order valence-electron chi connectivity index (χ1n) is 5.51. The van der Waals surface area contributed by atoms with Crippen molar-refractivity contribution in [1.29, 1.82) is 0 Å². The molecule has 1 atom stereocenters. The Hall–Kier alpha value is 0.310. The molecule has 1 aliphatic carbocycles. The lowest BCUT2D eigenvalue weighted by molar-refractivity contribution is 0.491. The summed E-state index contributed by atoms with van der Waals surface area (Å²) in [5.74, 6) is 0. The molecule has 0 aromatic carbocycles. The number of thioether (sulfide) groups is 1.